The topological polar surface area (TPSA) is 63.7 Å². The van der Waals surface area contributed by atoms with Gasteiger partial charge in [-0.15, -0.1) is 0 Å². The third-order valence-corrected chi connectivity index (χ3v) is 5.31. The molecule has 0 atom stereocenters. The molecular formula is C17H18FNO4S. The summed E-state index contributed by atoms with van der Waals surface area (Å²) < 4.78 is 44.4. The second kappa shape index (κ2) is 8.03. The Labute approximate surface area is 140 Å². The summed E-state index contributed by atoms with van der Waals surface area (Å²) in [5, 5.41) is 0. The Hall–Kier alpha value is -2.25. The van der Waals surface area contributed by atoms with Crippen molar-refractivity contribution < 1.29 is 22.3 Å². The fraction of sp³-hybridized carbons (Fsp3) is 0.235. The highest BCUT2D eigenvalue weighted by molar-refractivity contribution is 7.89. The lowest BCUT2D eigenvalue weighted by molar-refractivity contribution is -0.140. The van der Waals surface area contributed by atoms with Gasteiger partial charge in [-0.1, -0.05) is 30.3 Å². The van der Waals surface area contributed by atoms with Crippen LogP contribution in [0.4, 0.5) is 4.39 Å². The van der Waals surface area contributed by atoms with Gasteiger partial charge in [-0.05, 0) is 29.8 Å². The van der Waals surface area contributed by atoms with Crippen LogP contribution in [0, 0.1) is 5.82 Å². The fourth-order valence-electron chi connectivity index (χ4n) is 2.14. The van der Waals surface area contributed by atoms with Gasteiger partial charge in [0.2, 0.25) is 10.0 Å². The Morgan fingerprint density at radius 3 is 2.29 bits per heavy atom. The molecule has 0 unspecified atom stereocenters. The SMILES string of the molecule is COC(=O)CCN(Cc1ccccc1)S(=O)(=O)c1ccc(F)cc1. The number of esters is 1. The van der Waals surface area contributed by atoms with Gasteiger partial charge in [0, 0.05) is 13.1 Å². The molecule has 0 amide bonds. The number of rotatable bonds is 7. The van der Waals surface area contributed by atoms with Gasteiger partial charge in [0.05, 0.1) is 18.4 Å². The molecule has 2 rings (SSSR count). The van der Waals surface area contributed by atoms with Crippen LogP contribution in [0.1, 0.15) is 12.0 Å². The van der Waals surface area contributed by atoms with E-state index in [4.69, 9.17) is 0 Å². The van der Waals surface area contributed by atoms with E-state index in [-0.39, 0.29) is 24.4 Å². The average Bonchev–Trinajstić information content (AvgIpc) is 2.59. The number of carbonyl (C=O) groups excluding carboxylic acids is 1. The Kier molecular flexibility index (Phi) is 6.05. The van der Waals surface area contributed by atoms with Gasteiger partial charge in [0.15, 0.2) is 0 Å². The number of ether oxygens (including phenoxy) is 1. The molecule has 0 aliphatic carbocycles. The van der Waals surface area contributed by atoms with E-state index < -0.39 is 21.8 Å². The van der Waals surface area contributed by atoms with Crippen molar-refractivity contribution in [2.24, 2.45) is 0 Å². The molecule has 0 aliphatic heterocycles. The lowest BCUT2D eigenvalue weighted by atomic mass is 10.2. The zero-order valence-corrected chi connectivity index (χ0v) is 14.0. The Morgan fingerprint density at radius 1 is 1.08 bits per heavy atom. The van der Waals surface area contributed by atoms with E-state index >= 15 is 0 Å². The predicted octanol–water partition coefficient (Wildman–Crippen LogP) is 2.58. The van der Waals surface area contributed by atoms with Crippen molar-refractivity contribution in [2.75, 3.05) is 13.7 Å². The van der Waals surface area contributed by atoms with E-state index in [2.05, 4.69) is 4.74 Å². The standard InChI is InChI=1S/C17H18FNO4S/c1-23-17(20)11-12-19(13-14-5-3-2-4-6-14)24(21,22)16-9-7-15(18)8-10-16/h2-10H,11-13H2,1H3. The number of nitrogens with zero attached hydrogens (tertiary/aromatic N) is 1. The molecule has 0 spiro atoms. The van der Waals surface area contributed by atoms with Crippen LogP contribution in [0.5, 0.6) is 0 Å². The van der Waals surface area contributed by atoms with Crippen LogP contribution in [0.2, 0.25) is 0 Å². The van der Waals surface area contributed by atoms with Gasteiger partial charge in [-0.2, -0.15) is 4.31 Å². The first-order valence-corrected chi connectivity index (χ1v) is 8.74. The summed E-state index contributed by atoms with van der Waals surface area (Å²) in [5.41, 5.74) is 0.785. The predicted molar refractivity (Wildman–Crippen MR) is 87.1 cm³/mol. The third-order valence-electron chi connectivity index (χ3n) is 3.45. The third kappa shape index (κ3) is 4.62. The highest BCUT2D eigenvalue weighted by Crippen LogP contribution is 2.19. The number of hydrogen-bond acceptors (Lipinski definition) is 4. The fourth-order valence-corrected chi connectivity index (χ4v) is 3.57. The van der Waals surface area contributed by atoms with Crippen LogP contribution in [-0.2, 0) is 26.1 Å². The van der Waals surface area contributed by atoms with E-state index in [0.29, 0.717) is 0 Å². The van der Waals surface area contributed by atoms with E-state index in [9.17, 15) is 17.6 Å². The molecule has 2 aromatic carbocycles. The first-order chi connectivity index (χ1) is 11.4. The molecular weight excluding hydrogens is 333 g/mol. The molecule has 0 aliphatic rings. The lowest BCUT2D eigenvalue weighted by Gasteiger charge is -2.22. The average molecular weight is 351 g/mol. The van der Waals surface area contributed by atoms with Crippen LogP contribution in [-0.4, -0.2) is 32.3 Å². The zero-order chi connectivity index (χ0) is 17.6. The van der Waals surface area contributed by atoms with Gasteiger partial charge in [-0.3, -0.25) is 4.79 Å². The van der Waals surface area contributed by atoms with Crippen LogP contribution < -0.4 is 0 Å². The molecule has 0 saturated heterocycles. The van der Waals surface area contributed by atoms with Gasteiger partial charge in [0.1, 0.15) is 5.82 Å². The number of methoxy groups -OCH3 is 1. The minimum absolute atomic E-state index is 0.0234. The number of carbonyl (C=O) groups is 1. The van der Waals surface area contributed by atoms with Gasteiger partial charge < -0.3 is 4.74 Å². The molecule has 0 heterocycles. The monoisotopic (exact) mass is 351 g/mol. The Bertz CT molecular complexity index is 776. The summed E-state index contributed by atoms with van der Waals surface area (Å²) in [4.78, 5) is 11.4. The van der Waals surface area contributed by atoms with Crippen molar-refractivity contribution in [1.29, 1.82) is 0 Å². The van der Waals surface area contributed by atoms with E-state index in [1.807, 2.05) is 6.07 Å². The summed E-state index contributed by atoms with van der Waals surface area (Å²) in [7, 11) is -2.61. The summed E-state index contributed by atoms with van der Waals surface area (Å²) in [5.74, 6) is -1.01. The smallest absolute Gasteiger partial charge is 0.306 e. The molecule has 128 valence electrons. The number of halogens is 1. The van der Waals surface area contributed by atoms with E-state index in [0.717, 1.165) is 17.7 Å². The number of hydrogen-bond donors (Lipinski definition) is 0. The van der Waals surface area contributed by atoms with Crippen molar-refractivity contribution in [2.45, 2.75) is 17.9 Å². The summed E-state index contributed by atoms with van der Waals surface area (Å²) in [6.45, 7) is 0.0822. The minimum Gasteiger partial charge on any atom is -0.469 e. The number of sulfonamides is 1. The minimum atomic E-state index is -3.86. The van der Waals surface area contributed by atoms with Crippen molar-refractivity contribution in [3.05, 3.63) is 66.0 Å². The maximum absolute atomic E-state index is 13.1. The number of benzene rings is 2. The second-order valence-corrected chi connectivity index (χ2v) is 7.04. The quantitative estimate of drug-likeness (QED) is 0.719. The van der Waals surface area contributed by atoms with Gasteiger partial charge in [0.25, 0.3) is 0 Å². The van der Waals surface area contributed by atoms with Gasteiger partial charge in [-0.25, -0.2) is 12.8 Å². The first-order valence-electron chi connectivity index (χ1n) is 7.30. The highest BCUT2D eigenvalue weighted by Gasteiger charge is 2.25. The van der Waals surface area contributed by atoms with Crippen LogP contribution in [0.15, 0.2) is 59.5 Å². The second-order valence-electron chi connectivity index (χ2n) is 5.10. The van der Waals surface area contributed by atoms with Crippen LogP contribution >= 0.6 is 0 Å². The van der Waals surface area contributed by atoms with E-state index in [1.54, 1.807) is 24.3 Å². The Balaban J connectivity index is 2.29. The largest absolute Gasteiger partial charge is 0.469 e. The zero-order valence-electron chi connectivity index (χ0n) is 13.2. The maximum atomic E-state index is 13.1. The summed E-state index contributed by atoms with van der Waals surface area (Å²) in [6, 6.07) is 13.6. The molecule has 0 fully saturated rings. The normalized spacial score (nSPS) is 11.5. The van der Waals surface area contributed by atoms with Crippen LogP contribution in [0.3, 0.4) is 0 Å². The molecule has 0 bridgehead atoms. The molecule has 0 saturated carbocycles. The summed E-state index contributed by atoms with van der Waals surface area (Å²) in [6.07, 6.45) is -0.0657. The molecule has 5 nitrogen and oxygen atoms in total. The highest BCUT2D eigenvalue weighted by atomic mass is 32.2. The molecule has 0 radical (unpaired) electrons. The van der Waals surface area contributed by atoms with Crippen molar-refractivity contribution >= 4 is 16.0 Å². The molecule has 0 N–H and O–H groups in total. The maximum Gasteiger partial charge on any atom is 0.306 e. The lowest BCUT2D eigenvalue weighted by Crippen LogP contribution is -2.32. The molecule has 7 heteroatoms. The van der Waals surface area contributed by atoms with Crippen LogP contribution in [0.25, 0.3) is 0 Å². The van der Waals surface area contributed by atoms with Crippen molar-refractivity contribution in [1.82, 2.24) is 4.31 Å². The molecule has 2 aromatic rings. The molecule has 0 aromatic heterocycles. The first kappa shape index (κ1) is 18.1. The van der Waals surface area contributed by atoms with Crippen molar-refractivity contribution in [3.8, 4) is 0 Å². The molecule has 24 heavy (non-hydrogen) atoms. The summed E-state index contributed by atoms with van der Waals surface area (Å²) >= 11 is 0. The van der Waals surface area contributed by atoms with Gasteiger partial charge >= 0.3 is 5.97 Å². The van der Waals surface area contributed by atoms with E-state index in [1.165, 1.54) is 23.5 Å². The van der Waals surface area contributed by atoms with Crippen molar-refractivity contribution in [3.63, 3.8) is 0 Å². The Morgan fingerprint density at radius 2 is 1.71 bits per heavy atom.